The fourth-order valence-corrected chi connectivity index (χ4v) is 6.75. The molecule has 42 heavy (non-hydrogen) atoms. The van der Waals surface area contributed by atoms with Crippen molar-refractivity contribution in [2.45, 2.75) is 30.2 Å². The number of carbonyl (C=O) groups is 2. The van der Waals surface area contributed by atoms with Crippen molar-refractivity contribution in [1.29, 1.82) is 0 Å². The van der Waals surface area contributed by atoms with Crippen LogP contribution in [0.1, 0.15) is 24.2 Å². The van der Waals surface area contributed by atoms with Gasteiger partial charge in [0.15, 0.2) is 17.2 Å². The molecule has 5 rings (SSSR count). The minimum atomic E-state index is -3.95. The number of para-hydroxylation sites is 1. The number of nitrogens with zero attached hydrogens (tertiary/aromatic N) is 2. The zero-order valence-electron chi connectivity index (χ0n) is 23.3. The van der Waals surface area contributed by atoms with Gasteiger partial charge in [0.2, 0.25) is 6.79 Å². The monoisotopic (exact) mass is 616 g/mol. The van der Waals surface area contributed by atoms with Crippen molar-refractivity contribution in [3.8, 4) is 17.2 Å². The number of hydrogen-bond acceptors (Lipinski definition) is 9. The third-order valence-electron chi connectivity index (χ3n) is 7.12. The van der Waals surface area contributed by atoms with Crippen molar-refractivity contribution < 1.29 is 37.3 Å². The summed E-state index contributed by atoms with van der Waals surface area (Å²) < 4.78 is 46.0. The van der Waals surface area contributed by atoms with Crippen LogP contribution in [0.4, 0.5) is 16.2 Å². The van der Waals surface area contributed by atoms with Gasteiger partial charge in [0.25, 0.3) is 15.9 Å². The van der Waals surface area contributed by atoms with Crippen LogP contribution < -0.4 is 24.2 Å². The number of urea groups is 1. The van der Waals surface area contributed by atoms with Crippen molar-refractivity contribution in [2.75, 3.05) is 43.6 Å². The second kappa shape index (κ2) is 12.1. The summed E-state index contributed by atoms with van der Waals surface area (Å²) in [4.78, 5) is 29.8. The lowest BCUT2D eigenvalue weighted by Gasteiger charge is -2.38. The molecular formula is C28H32N4O8S2. The highest BCUT2D eigenvalue weighted by molar-refractivity contribution is 7.94. The van der Waals surface area contributed by atoms with Gasteiger partial charge in [-0.05, 0) is 42.6 Å². The first-order valence-corrected chi connectivity index (χ1v) is 15.6. The minimum absolute atomic E-state index is 0.0545. The Labute approximate surface area is 247 Å². The standard InChI is InChI=1S/C28H32N4O8S2/c1-17-13-32(18(2)15-33)27(34)20-6-4-7-21(30-42(36,37)25-8-5-11-41-25)26(20)40-24(17)14-31(3)28(35)29-19-9-10-22-23(12-19)39-16-38-22/h4-12,17-18,24,30,33H,13-16H2,1-3H3,(H,29,35)/t17-,18-,24-/m0/s1. The highest BCUT2D eigenvalue weighted by Crippen LogP contribution is 2.37. The largest absolute Gasteiger partial charge is 0.485 e. The molecule has 2 aliphatic rings. The van der Waals surface area contributed by atoms with E-state index >= 15 is 0 Å². The molecule has 0 aliphatic carbocycles. The second-order valence-corrected chi connectivity index (χ2v) is 13.1. The summed E-state index contributed by atoms with van der Waals surface area (Å²) in [6.45, 7) is 3.82. The molecule has 3 heterocycles. The van der Waals surface area contributed by atoms with Gasteiger partial charge in [-0.15, -0.1) is 11.3 Å². The molecular weight excluding hydrogens is 584 g/mol. The van der Waals surface area contributed by atoms with E-state index in [0.29, 0.717) is 17.2 Å². The Kier molecular flexibility index (Phi) is 8.48. The molecule has 2 aromatic carbocycles. The number of fused-ring (bicyclic) bond motifs is 2. The van der Waals surface area contributed by atoms with E-state index < -0.39 is 34.1 Å². The van der Waals surface area contributed by atoms with Crippen LogP contribution in [-0.4, -0.2) is 80.9 Å². The molecule has 224 valence electrons. The fraction of sp³-hybridized carbons (Fsp3) is 0.357. The third-order valence-corrected chi connectivity index (χ3v) is 9.88. The maximum atomic E-state index is 13.7. The van der Waals surface area contributed by atoms with Gasteiger partial charge in [-0.25, -0.2) is 13.2 Å². The maximum absolute atomic E-state index is 13.7. The topological polar surface area (TPSA) is 147 Å². The molecule has 3 aromatic rings. The summed E-state index contributed by atoms with van der Waals surface area (Å²) >= 11 is 1.06. The molecule has 3 amide bonds. The Morgan fingerprint density at radius 3 is 2.71 bits per heavy atom. The van der Waals surface area contributed by atoms with E-state index in [9.17, 15) is 23.1 Å². The first kappa shape index (κ1) is 29.5. The van der Waals surface area contributed by atoms with Gasteiger partial charge in [0.1, 0.15) is 10.3 Å². The van der Waals surface area contributed by atoms with Gasteiger partial charge >= 0.3 is 6.03 Å². The average molecular weight is 617 g/mol. The molecule has 0 radical (unpaired) electrons. The number of aliphatic hydroxyl groups is 1. The van der Waals surface area contributed by atoms with E-state index in [4.69, 9.17) is 14.2 Å². The Hall–Kier alpha value is -4.01. The molecule has 3 N–H and O–H groups in total. The Morgan fingerprint density at radius 1 is 1.19 bits per heavy atom. The lowest BCUT2D eigenvalue weighted by Crippen LogP contribution is -2.50. The predicted octanol–water partition coefficient (Wildman–Crippen LogP) is 3.66. The number of aliphatic hydroxyl groups excluding tert-OH is 1. The van der Waals surface area contributed by atoms with E-state index in [1.165, 1.54) is 17.0 Å². The van der Waals surface area contributed by atoms with Crippen LogP contribution in [0.2, 0.25) is 0 Å². The minimum Gasteiger partial charge on any atom is -0.485 e. The summed E-state index contributed by atoms with van der Waals surface area (Å²) in [5.41, 5.74) is 0.760. The number of hydrogen-bond donors (Lipinski definition) is 3. The van der Waals surface area contributed by atoms with Crippen molar-refractivity contribution in [1.82, 2.24) is 9.80 Å². The zero-order chi connectivity index (χ0) is 30.0. The third kappa shape index (κ3) is 6.10. The van der Waals surface area contributed by atoms with Gasteiger partial charge in [-0.3, -0.25) is 9.52 Å². The lowest BCUT2D eigenvalue weighted by molar-refractivity contribution is 0.0373. The van der Waals surface area contributed by atoms with E-state index in [1.807, 2.05) is 6.92 Å². The van der Waals surface area contributed by atoms with Crippen LogP contribution in [0, 0.1) is 5.92 Å². The van der Waals surface area contributed by atoms with Crippen molar-refractivity contribution in [3.05, 3.63) is 59.5 Å². The lowest BCUT2D eigenvalue weighted by atomic mass is 9.99. The van der Waals surface area contributed by atoms with Gasteiger partial charge < -0.3 is 34.4 Å². The molecule has 0 unspecified atom stereocenters. The molecule has 0 spiro atoms. The molecule has 14 heteroatoms. The molecule has 12 nitrogen and oxygen atoms in total. The first-order chi connectivity index (χ1) is 20.1. The number of rotatable bonds is 8. The van der Waals surface area contributed by atoms with Crippen LogP contribution in [0.3, 0.4) is 0 Å². The normalized spacial score (nSPS) is 18.8. The highest BCUT2D eigenvalue weighted by Gasteiger charge is 2.35. The molecule has 1 aromatic heterocycles. The summed E-state index contributed by atoms with van der Waals surface area (Å²) in [7, 11) is -2.34. The van der Waals surface area contributed by atoms with Crippen LogP contribution in [0.5, 0.6) is 17.2 Å². The number of anilines is 2. The number of ether oxygens (including phenoxy) is 3. The smallest absolute Gasteiger partial charge is 0.321 e. The SMILES string of the molecule is C[C@H]1CN([C@@H](C)CO)C(=O)c2cccc(NS(=O)(=O)c3cccs3)c2O[C@H]1CN(C)C(=O)Nc1ccc2c(c1)OCO2. The first-order valence-electron chi connectivity index (χ1n) is 13.3. The van der Waals surface area contributed by atoms with Gasteiger partial charge in [0.05, 0.1) is 30.4 Å². The number of thiophene rings is 1. The number of sulfonamides is 1. The Balaban J connectivity index is 1.43. The molecule has 0 saturated heterocycles. The maximum Gasteiger partial charge on any atom is 0.321 e. The number of nitrogens with one attached hydrogen (secondary N) is 2. The van der Waals surface area contributed by atoms with Gasteiger partial charge in [0, 0.05) is 31.3 Å². The highest BCUT2D eigenvalue weighted by atomic mass is 32.2. The second-order valence-electron chi connectivity index (χ2n) is 10.2. The van der Waals surface area contributed by atoms with E-state index in [0.717, 1.165) is 11.3 Å². The van der Waals surface area contributed by atoms with E-state index in [-0.39, 0.29) is 53.6 Å². The summed E-state index contributed by atoms with van der Waals surface area (Å²) in [5, 5.41) is 14.4. The van der Waals surface area contributed by atoms with Gasteiger partial charge in [-0.2, -0.15) is 0 Å². The van der Waals surface area contributed by atoms with Gasteiger partial charge in [-0.1, -0.05) is 19.1 Å². The Morgan fingerprint density at radius 2 is 1.98 bits per heavy atom. The van der Waals surface area contributed by atoms with Crippen molar-refractivity contribution >= 4 is 44.7 Å². The number of likely N-dealkylation sites (N-methyl/N-ethyl adjacent to an activating group) is 1. The summed E-state index contributed by atoms with van der Waals surface area (Å²) in [5.74, 6) is 0.475. The quantitative estimate of drug-likeness (QED) is 0.348. The molecule has 2 aliphatic heterocycles. The molecule has 3 atom stereocenters. The van der Waals surface area contributed by atoms with E-state index in [2.05, 4.69) is 10.0 Å². The van der Waals surface area contributed by atoms with Crippen LogP contribution >= 0.6 is 11.3 Å². The number of amides is 3. The molecule has 0 bridgehead atoms. The van der Waals surface area contributed by atoms with Crippen LogP contribution in [-0.2, 0) is 10.0 Å². The molecule has 0 fully saturated rings. The van der Waals surface area contributed by atoms with E-state index in [1.54, 1.807) is 60.6 Å². The predicted molar refractivity (Wildman–Crippen MR) is 157 cm³/mol. The van der Waals surface area contributed by atoms with Crippen molar-refractivity contribution in [2.24, 2.45) is 5.92 Å². The Bertz CT molecular complexity index is 1560. The summed E-state index contributed by atoms with van der Waals surface area (Å²) in [6, 6.07) is 11.9. The number of benzene rings is 2. The molecule has 0 saturated carbocycles. The zero-order valence-corrected chi connectivity index (χ0v) is 24.9. The van der Waals surface area contributed by atoms with Crippen LogP contribution in [0.15, 0.2) is 58.1 Å². The van der Waals surface area contributed by atoms with Crippen LogP contribution in [0.25, 0.3) is 0 Å². The fourth-order valence-electron chi connectivity index (χ4n) is 4.70. The number of carbonyl (C=O) groups excluding carboxylic acids is 2. The average Bonchev–Trinajstić information content (AvgIpc) is 3.67. The summed E-state index contributed by atoms with van der Waals surface area (Å²) in [6.07, 6.45) is -0.648. The van der Waals surface area contributed by atoms with Crippen molar-refractivity contribution in [3.63, 3.8) is 0 Å².